The van der Waals surface area contributed by atoms with Crippen molar-refractivity contribution in [2.75, 3.05) is 6.54 Å². The first-order valence-corrected chi connectivity index (χ1v) is 9.28. The van der Waals surface area contributed by atoms with E-state index in [9.17, 15) is 9.59 Å². The number of aliphatic carboxylic acids is 1. The summed E-state index contributed by atoms with van der Waals surface area (Å²) in [6.07, 6.45) is 5.61. The standard InChI is InChI=1S/C18H17N3O3S2/c22-16(23)7-4-8-21-17(24)15(26-18(21)25)9-14-10-19-12-20(14)11-13-5-2-1-3-6-13/h1-3,5-6,9-10,12H,4,7-8,11H2,(H,22,23)/b15-9-. The number of hydrogen-bond acceptors (Lipinski definition) is 5. The average Bonchev–Trinajstić information content (AvgIpc) is 3.15. The van der Waals surface area contributed by atoms with Gasteiger partial charge in [0.15, 0.2) is 0 Å². The number of carboxylic acids is 1. The van der Waals surface area contributed by atoms with Gasteiger partial charge in [0.25, 0.3) is 5.91 Å². The zero-order chi connectivity index (χ0) is 18.5. The van der Waals surface area contributed by atoms with E-state index >= 15 is 0 Å². The third-order valence-corrected chi connectivity index (χ3v) is 5.24. The number of aromatic nitrogens is 2. The summed E-state index contributed by atoms with van der Waals surface area (Å²) in [4.78, 5) is 29.4. The average molecular weight is 387 g/mol. The molecule has 0 bridgehead atoms. The van der Waals surface area contributed by atoms with Crippen molar-refractivity contribution in [1.82, 2.24) is 14.5 Å². The van der Waals surface area contributed by atoms with Crippen LogP contribution in [0.25, 0.3) is 6.08 Å². The summed E-state index contributed by atoms with van der Waals surface area (Å²) in [5, 5.41) is 8.73. The van der Waals surface area contributed by atoms with Crippen LogP contribution in [0.2, 0.25) is 0 Å². The first-order chi connectivity index (χ1) is 12.5. The Hall–Kier alpha value is -2.45. The van der Waals surface area contributed by atoms with Crippen LogP contribution < -0.4 is 0 Å². The van der Waals surface area contributed by atoms with E-state index < -0.39 is 5.97 Å². The van der Waals surface area contributed by atoms with Gasteiger partial charge < -0.3 is 9.67 Å². The zero-order valence-corrected chi connectivity index (χ0v) is 15.5. The minimum Gasteiger partial charge on any atom is -0.481 e. The molecule has 8 heteroatoms. The molecule has 6 nitrogen and oxygen atoms in total. The van der Waals surface area contributed by atoms with E-state index in [1.165, 1.54) is 16.7 Å². The fourth-order valence-electron chi connectivity index (χ4n) is 2.58. The fraction of sp³-hybridized carbons (Fsp3) is 0.222. The maximum Gasteiger partial charge on any atom is 0.303 e. The summed E-state index contributed by atoms with van der Waals surface area (Å²) < 4.78 is 2.42. The number of carbonyl (C=O) groups excluding carboxylic acids is 1. The van der Waals surface area contributed by atoms with Gasteiger partial charge in [0, 0.05) is 19.5 Å². The molecule has 0 atom stereocenters. The molecule has 26 heavy (non-hydrogen) atoms. The second kappa shape index (κ2) is 8.29. The van der Waals surface area contributed by atoms with Crippen molar-refractivity contribution in [3.63, 3.8) is 0 Å². The molecule has 1 N–H and O–H groups in total. The second-order valence-corrected chi connectivity index (χ2v) is 7.44. The summed E-state index contributed by atoms with van der Waals surface area (Å²) >= 11 is 6.50. The van der Waals surface area contributed by atoms with Gasteiger partial charge in [0.05, 0.1) is 23.1 Å². The molecule has 0 radical (unpaired) electrons. The Morgan fingerprint density at radius 3 is 2.81 bits per heavy atom. The van der Waals surface area contributed by atoms with Crippen molar-refractivity contribution in [2.45, 2.75) is 19.4 Å². The highest BCUT2D eigenvalue weighted by atomic mass is 32.2. The Morgan fingerprint density at radius 2 is 2.08 bits per heavy atom. The Kier molecular flexibility index (Phi) is 5.85. The van der Waals surface area contributed by atoms with Gasteiger partial charge in [-0.25, -0.2) is 4.98 Å². The minimum absolute atomic E-state index is 0.0138. The number of thiocarbonyl (C=S) groups is 1. The molecule has 0 spiro atoms. The van der Waals surface area contributed by atoms with Gasteiger partial charge in [-0.2, -0.15) is 0 Å². The fourth-order valence-corrected chi connectivity index (χ4v) is 3.87. The van der Waals surface area contributed by atoms with E-state index in [-0.39, 0.29) is 12.3 Å². The van der Waals surface area contributed by atoms with Crippen LogP contribution in [0.3, 0.4) is 0 Å². The molecule has 1 fully saturated rings. The maximum atomic E-state index is 12.6. The van der Waals surface area contributed by atoms with Crippen LogP contribution in [0, 0.1) is 0 Å². The van der Waals surface area contributed by atoms with Crippen LogP contribution in [0.5, 0.6) is 0 Å². The highest BCUT2D eigenvalue weighted by Gasteiger charge is 2.31. The molecule has 0 saturated carbocycles. The molecule has 1 aliphatic rings. The second-order valence-electron chi connectivity index (χ2n) is 5.76. The zero-order valence-electron chi connectivity index (χ0n) is 13.9. The third kappa shape index (κ3) is 4.39. The summed E-state index contributed by atoms with van der Waals surface area (Å²) in [6.45, 7) is 0.975. The normalized spacial score (nSPS) is 15.8. The van der Waals surface area contributed by atoms with E-state index in [1.54, 1.807) is 18.6 Å². The lowest BCUT2D eigenvalue weighted by molar-refractivity contribution is -0.137. The molecule has 1 aliphatic heterocycles. The molecule has 1 amide bonds. The van der Waals surface area contributed by atoms with Gasteiger partial charge in [0.2, 0.25) is 0 Å². The number of rotatable bonds is 7. The van der Waals surface area contributed by atoms with E-state index in [0.29, 0.717) is 28.7 Å². The van der Waals surface area contributed by atoms with Gasteiger partial charge in [-0.3, -0.25) is 14.5 Å². The van der Waals surface area contributed by atoms with Gasteiger partial charge in [0.1, 0.15) is 4.32 Å². The van der Waals surface area contributed by atoms with Gasteiger partial charge >= 0.3 is 5.97 Å². The number of carboxylic acid groups (broad SMARTS) is 1. The summed E-state index contributed by atoms with van der Waals surface area (Å²) in [6, 6.07) is 9.99. The summed E-state index contributed by atoms with van der Waals surface area (Å²) in [7, 11) is 0. The highest BCUT2D eigenvalue weighted by Crippen LogP contribution is 2.32. The predicted octanol–water partition coefficient (Wildman–Crippen LogP) is 3.00. The largest absolute Gasteiger partial charge is 0.481 e. The summed E-state index contributed by atoms with van der Waals surface area (Å²) in [5.74, 6) is -1.06. The summed E-state index contributed by atoms with van der Waals surface area (Å²) in [5.41, 5.74) is 1.96. The number of thioether (sulfide) groups is 1. The Labute approximate surface area is 160 Å². The van der Waals surface area contributed by atoms with Crippen LogP contribution >= 0.6 is 24.0 Å². The van der Waals surface area contributed by atoms with Gasteiger partial charge in [-0.15, -0.1) is 0 Å². The first kappa shape index (κ1) is 18.3. The molecule has 0 unspecified atom stereocenters. The van der Waals surface area contributed by atoms with Crippen molar-refractivity contribution >= 4 is 46.3 Å². The van der Waals surface area contributed by atoms with E-state index in [1.807, 2.05) is 34.9 Å². The number of carbonyl (C=O) groups is 2. The van der Waals surface area contributed by atoms with Crippen LogP contribution in [0.4, 0.5) is 0 Å². The predicted molar refractivity (Wildman–Crippen MR) is 105 cm³/mol. The number of nitrogens with zero attached hydrogens (tertiary/aromatic N) is 3. The molecule has 1 aromatic carbocycles. The van der Waals surface area contributed by atoms with Crippen molar-refractivity contribution in [2.24, 2.45) is 0 Å². The molecular formula is C18H17N3O3S2. The molecule has 1 aromatic heterocycles. The monoisotopic (exact) mass is 387 g/mol. The smallest absolute Gasteiger partial charge is 0.303 e. The van der Waals surface area contributed by atoms with Crippen molar-refractivity contribution in [1.29, 1.82) is 0 Å². The number of benzene rings is 1. The Bertz CT molecular complexity index is 862. The van der Waals surface area contributed by atoms with Crippen LogP contribution in [-0.2, 0) is 16.1 Å². The third-order valence-electron chi connectivity index (χ3n) is 3.87. The highest BCUT2D eigenvalue weighted by molar-refractivity contribution is 8.26. The van der Waals surface area contributed by atoms with E-state index in [0.717, 1.165) is 11.3 Å². The van der Waals surface area contributed by atoms with Crippen LogP contribution in [0.1, 0.15) is 24.1 Å². The van der Waals surface area contributed by atoms with Gasteiger partial charge in [-0.05, 0) is 18.1 Å². The van der Waals surface area contributed by atoms with Crippen LogP contribution in [0.15, 0.2) is 47.8 Å². The topological polar surface area (TPSA) is 75.4 Å². The quantitative estimate of drug-likeness (QED) is 0.581. The Morgan fingerprint density at radius 1 is 1.31 bits per heavy atom. The molecule has 2 heterocycles. The van der Waals surface area contributed by atoms with Crippen molar-refractivity contribution in [3.05, 3.63) is 59.0 Å². The van der Waals surface area contributed by atoms with Gasteiger partial charge in [-0.1, -0.05) is 54.3 Å². The number of hydrogen-bond donors (Lipinski definition) is 1. The van der Waals surface area contributed by atoms with Crippen molar-refractivity contribution in [3.8, 4) is 0 Å². The molecule has 1 saturated heterocycles. The Balaban J connectivity index is 1.73. The molecule has 3 rings (SSSR count). The number of imidazole rings is 1. The lowest BCUT2D eigenvalue weighted by atomic mass is 10.2. The number of amides is 1. The van der Waals surface area contributed by atoms with Crippen molar-refractivity contribution < 1.29 is 14.7 Å². The van der Waals surface area contributed by atoms with E-state index in [4.69, 9.17) is 17.3 Å². The molecular weight excluding hydrogens is 370 g/mol. The molecule has 134 valence electrons. The lowest BCUT2D eigenvalue weighted by Gasteiger charge is -2.13. The first-order valence-electron chi connectivity index (χ1n) is 8.06. The minimum atomic E-state index is -0.879. The lowest BCUT2D eigenvalue weighted by Crippen LogP contribution is -2.29. The van der Waals surface area contributed by atoms with Crippen LogP contribution in [-0.4, -0.2) is 42.3 Å². The SMILES string of the molecule is O=C(O)CCCN1C(=O)/C(=C/c2cncn2Cc2ccccc2)SC1=S. The van der Waals surface area contributed by atoms with E-state index in [2.05, 4.69) is 4.98 Å². The molecule has 2 aromatic rings. The maximum absolute atomic E-state index is 12.6. The molecule has 0 aliphatic carbocycles.